The second-order valence-corrected chi connectivity index (χ2v) is 4.15. The van der Waals surface area contributed by atoms with Gasteiger partial charge in [-0.15, -0.1) is 0 Å². The van der Waals surface area contributed by atoms with E-state index in [1.165, 1.54) is 0 Å². The number of esters is 1. The minimum atomic E-state index is -1.14. The van der Waals surface area contributed by atoms with Crippen LogP contribution in [0.15, 0.2) is 30.3 Å². The van der Waals surface area contributed by atoms with Gasteiger partial charge in [-0.1, -0.05) is 44.2 Å². The highest BCUT2D eigenvalue weighted by Crippen LogP contribution is 2.14. The quantitative estimate of drug-likeness (QED) is 0.628. The molecular weight excluding hydrogens is 220 g/mol. The topological polar surface area (TPSA) is 63.6 Å². The number of carbonyl (C=O) groups excluding carboxylic acids is 1. The van der Waals surface area contributed by atoms with E-state index in [2.05, 4.69) is 0 Å². The standard InChI is InChI=1S/C13H16O4/c1-9(2)11(12(14)15)13(16)17-8-10-6-4-3-5-7-10/h3-7,9,11H,8H2,1-2H3,(H,14,15). The van der Waals surface area contributed by atoms with E-state index in [4.69, 9.17) is 9.84 Å². The lowest BCUT2D eigenvalue weighted by Crippen LogP contribution is -2.30. The molecule has 0 aliphatic heterocycles. The average molecular weight is 236 g/mol. The molecule has 0 radical (unpaired) electrons. The molecule has 4 nitrogen and oxygen atoms in total. The first kappa shape index (κ1) is 13.2. The third-order valence-corrected chi connectivity index (χ3v) is 2.41. The Morgan fingerprint density at radius 3 is 2.29 bits per heavy atom. The highest BCUT2D eigenvalue weighted by atomic mass is 16.5. The summed E-state index contributed by atoms with van der Waals surface area (Å²) in [5.41, 5.74) is 0.841. The number of rotatable bonds is 5. The molecule has 1 unspecified atom stereocenters. The van der Waals surface area contributed by atoms with Gasteiger partial charge in [-0.3, -0.25) is 9.59 Å². The van der Waals surface area contributed by atoms with E-state index in [1.807, 2.05) is 30.3 Å². The maximum absolute atomic E-state index is 11.6. The number of aliphatic carboxylic acids is 1. The zero-order chi connectivity index (χ0) is 12.8. The third-order valence-electron chi connectivity index (χ3n) is 2.41. The summed E-state index contributed by atoms with van der Waals surface area (Å²) in [7, 11) is 0. The number of hydrogen-bond acceptors (Lipinski definition) is 3. The van der Waals surface area contributed by atoms with Crippen LogP contribution in [-0.2, 0) is 20.9 Å². The van der Waals surface area contributed by atoms with Crippen LogP contribution in [0.5, 0.6) is 0 Å². The predicted octanol–water partition coefficient (Wildman–Crippen LogP) is 2.09. The molecule has 0 aromatic heterocycles. The van der Waals surface area contributed by atoms with Crippen LogP contribution >= 0.6 is 0 Å². The molecule has 1 aromatic rings. The molecule has 0 bridgehead atoms. The number of benzene rings is 1. The number of hydrogen-bond donors (Lipinski definition) is 1. The Morgan fingerprint density at radius 2 is 1.82 bits per heavy atom. The number of carboxylic acid groups (broad SMARTS) is 1. The van der Waals surface area contributed by atoms with E-state index in [1.54, 1.807) is 13.8 Å². The van der Waals surface area contributed by atoms with Gasteiger partial charge in [-0.2, -0.15) is 0 Å². The maximum atomic E-state index is 11.6. The molecule has 0 heterocycles. The van der Waals surface area contributed by atoms with E-state index in [0.717, 1.165) is 5.56 Å². The largest absolute Gasteiger partial charge is 0.481 e. The van der Waals surface area contributed by atoms with Crippen LogP contribution in [0.2, 0.25) is 0 Å². The van der Waals surface area contributed by atoms with Gasteiger partial charge in [-0.05, 0) is 11.5 Å². The van der Waals surface area contributed by atoms with E-state index >= 15 is 0 Å². The Morgan fingerprint density at radius 1 is 1.24 bits per heavy atom. The molecule has 4 heteroatoms. The van der Waals surface area contributed by atoms with Crippen molar-refractivity contribution in [2.75, 3.05) is 0 Å². The van der Waals surface area contributed by atoms with Gasteiger partial charge in [0.25, 0.3) is 0 Å². The van der Waals surface area contributed by atoms with E-state index in [9.17, 15) is 9.59 Å². The first-order valence-corrected chi connectivity index (χ1v) is 5.45. The number of ether oxygens (including phenoxy) is 1. The summed E-state index contributed by atoms with van der Waals surface area (Å²) in [5.74, 6) is -3.20. The highest BCUT2D eigenvalue weighted by molar-refractivity contribution is 5.94. The smallest absolute Gasteiger partial charge is 0.320 e. The van der Waals surface area contributed by atoms with Crippen LogP contribution in [0.4, 0.5) is 0 Å². The van der Waals surface area contributed by atoms with Crippen molar-refractivity contribution < 1.29 is 19.4 Å². The molecule has 0 amide bonds. The van der Waals surface area contributed by atoms with Crippen molar-refractivity contribution in [2.24, 2.45) is 11.8 Å². The molecule has 0 aliphatic rings. The second kappa shape index (κ2) is 6.03. The lowest BCUT2D eigenvalue weighted by molar-refractivity contribution is -0.161. The third kappa shape index (κ3) is 3.90. The molecule has 17 heavy (non-hydrogen) atoms. The van der Waals surface area contributed by atoms with Crippen LogP contribution < -0.4 is 0 Å². The number of carboxylic acids is 1. The van der Waals surface area contributed by atoms with Crippen molar-refractivity contribution in [1.29, 1.82) is 0 Å². The fourth-order valence-corrected chi connectivity index (χ4v) is 1.48. The van der Waals surface area contributed by atoms with Crippen molar-refractivity contribution in [2.45, 2.75) is 20.5 Å². The molecule has 0 saturated carbocycles. The van der Waals surface area contributed by atoms with Gasteiger partial charge < -0.3 is 9.84 Å². The summed E-state index contributed by atoms with van der Waals surface area (Å²) in [6, 6.07) is 9.16. The lowest BCUT2D eigenvalue weighted by Gasteiger charge is -2.14. The van der Waals surface area contributed by atoms with E-state index < -0.39 is 17.9 Å². The summed E-state index contributed by atoms with van der Waals surface area (Å²) >= 11 is 0. The monoisotopic (exact) mass is 236 g/mol. The summed E-state index contributed by atoms with van der Waals surface area (Å²) in [5, 5.41) is 8.91. The predicted molar refractivity (Wildman–Crippen MR) is 62.2 cm³/mol. The maximum Gasteiger partial charge on any atom is 0.320 e. The Hall–Kier alpha value is -1.84. The van der Waals surface area contributed by atoms with Crippen molar-refractivity contribution in [3.05, 3.63) is 35.9 Å². The minimum absolute atomic E-state index is 0.107. The Labute approximate surface area is 100 Å². The van der Waals surface area contributed by atoms with Gasteiger partial charge in [0.2, 0.25) is 0 Å². The zero-order valence-electron chi connectivity index (χ0n) is 9.92. The zero-order valence-corrected chi connectivity index (χ0v) is 9.92. The SMILES string of the molecule is CC(C)C(C(=O)O)C(=O)OCc1ccccc1. The van der Waals surface area contributed by atoms with Gasteiger partial charge in [0.1, 0.15) is 6.61 Å². The first-order chi connectivity index (χ1) is 8.02. The summed E-state index contributed by atoms with van der Waals surface area (Å²) < 4.78 is 4.99. The molecule has 0 spiro atoms. The van der Waals surface area contributed by atoms with E-state index in [-0.39, 0.29) is 12.5 Å². The molecule has 0 saturated heterocycles. The fourth-order valence-electron chi connectivity index (χ4n) is 1.48. The minimum Gasteiger partial charge on any atom is -0.481 e. The molecule has 1 atom stereocenters. The van der Waals surface area contributed by atoms with Crippen molar-refractivity contribution in [3.63, 3.8) is 0 Å². The molecule has 92 valence electrons. The van der Waals surface area contributed by atoms with Crippen LogP contribution in [0.1, 0.15) is 19.4 Å². The van der Waals surface area contributed by atoms with Crippen LogP contribution in [0.25, 0.3) is 0 Å². The van der Waals surface area contributed by atoms with Gasteiger partial charge in [0.05, 0.1) is 0 Å². The fraction of sp³-hybridized carbons (Fsp3) is 0.385. The molecule has 1 N–H and O–H groups in total. The van der Waals surface area contributed by atoms with Gasteiger partial charge in [0, 0.05) is 0 Å². The first-order valence-electron chi connectivity index (χ1n) is 5.45. The normalized spacial score (nSPS) is 12.2. The van der Waals surface area contributed by atoms with Crippen molar-refractivity contribution >= 4 is 11.9 Å². The molecule has 1 aromatic carbocycles. The molecule has 0 fully saturated rings. The molecular formula is C13H16O4. The van der Waals surface area contributed by atoms with Crippen LogP contribution in [0.3, 0.4) is 0 Å². The summed E-state index contributed by atoms with van der Waals surface area (Å²) in [6.45, 7) is 3.47. The number of carbonyl (C=O) groups is 2. The van der Waals surface area contributed by atoms with Crippen molar-refractivity contribution in [1.82, 2.24) is 0 Å². The van der Waals surface area contributed by atoms with Crippen LogP contribution in [0, 0.1) is 11.8 Å². The second-order valence-electron chi connectivity index (χ2n) is 4.15. The highest BCUT2D eigenvalue weighted by Gasteiger charge is 2.30. The van der Waals surface area contributed by atoms with Gasteiger partial charge >= 0.3 is 11.9 Å². The molecule has 1 rings (SSSR count). The van der Waals surface area contributed by atoms with Crippen molar-refractivity contribution in [3.8, 4) is 0 Å². The van der Waals surface area contributed by atoms with Gasteiger partial charge in [-0.25, -0.2) is 0 Å². The van der Waals surface area contributed by atoms with Gasteiger partial charge in [0.15, 0.2) is 5.92 Å². The Kier molecular flexibility index (Phi) is 4.69. The Bertz CT molecular complexity index is 384. The molecule has 0 aliphatic carbocycles. The summed E-state index contributed by atoms with van der Waals surface area (Å²) in [6.07, 6.45) is 0. The Balaban J connectivity index is 2.57. The van der Waals surface area contributed by atoms with E-state index in [0.29, 0.717) is 0 Å². The average Bonchev–Trinajstić information content (AvgIpc) is 2.27. The van der Waals surface area contributed by atoms with Crippen LogP contribution in [-0.4, -0.2) is 17.0 Å². The lowest BCUT2D eigenvalue weighted by atomic mass is 9.96. The summed E-state index contributed by atoms with van der Waals surface area (Å²) in [4.78, 5) is 22.5.